The molecule has 0 heterocycles. The van der Waals surface area contributed by atoms with Gasteiger partial charge in [0.25, 0.3) is 0 Å². The number of carboxylic acid groups (broad SMARTS) is 4. The van der Waals surface area contributed by atoms with E-state index in [9.17, 15) is 38.4 Å². The Morgan fingerprint density at radius 2 is 0.471 bits per heavy atom. The summed E-state index contributed by atoms with van der Waals surface area (Å²) in [5, 5.41) is 54.1. The van der Waals surface area contributed by atoms with Crippen molar-refractivity contribution in [2.24, 2.45) is 0 Å². The molecule has 0 aromatic rings. The number of carbonyl (C=O) groups excluding carboxylic acids is 4. The van der Waals surface area contributed by atoms with E-state index in [1.807, 2.05) is 0 Å². The smallest absolute Gasteiger partial charge is 0.345 e. The van der Waals surface area contributed by atoms with E-state index in [1.54, 1.807) is 0 Å². The molecule has 0 unspecified atom stereocenters. The fourth-order valence-electron chi connectivity index (χ4n) is 5.35. The van der Waals surface area contributed by atoms with Gasteiger partial charge in [-0.2, -0.15) is 19.6 Å². The van der Waals surface area contributed by atoms with Crippen LogP contribution in [0.2, 0.25) is 0 Å². The molecule has 0 atom stereocenters. The van der Waals surface area contributed by atoms with E-state index in [0.29, 0.717) is 0 Å². The molecule has 0 saturated carbocycles. The molecule has 0 aliphatic heterocycles. The Balaban J connectivity index is 7.26. The molecular formula is C50H86O37. The minimum Gasteiger partial charge on any atom is -0.481 e. The lowest BCUT2D eigenvalue weighted by atomic mass is 10.3. The lowest BCUT2D eigenvalue weighted by Crippen LogP contribution is -2.42. The van der Waals surface area contributed by atoms with Gasteiger partial charge in [0.05, 0.1) is 158 Å². The largest absolute Gasteiger partial charge is 0.481 e. The molecule has 508 valence electrons. The zero-order valence-electron chi connectivity index (χ0n) is 49.4. The normalized spacial score (nSPS) is 11.6. The fraction of sp³-hybridized carbons (Fsp3) is 0.840. The Kier molecular flexibility index (Phi) is 55.2. The van der Waals surface area contributed by atoms with Crippen molar-refractivity contribution in [3.8, 4) is 0 Å². The summed E-state index contributed by atoms with van der Waals surface area (Å²) in [6.07, 6.45) is -7.93. The van der Waals surface area contributed by atoms with Gasteiger partial charge < -0.3 is 82.0 Å². The van der Waals surface area contributed by atoms with Gasteiger partial charge in [0, 0.05) is 25.7 Å². The van der Waals surface area contributed by atoms with Gasteiger partial charge in [0.2, 0.25) is 0 Å². The van der Waals surface area contributed by atoms with E-state index < -0.39 is 124 Å². The van der Waals surface area contributed by atoms with Crippen molar-refractivity contribution in [2.75, 3.05) is 159 Å². The molecule has 0 aromatic heterocycles. The van der Waals surface area contributed by atoms with Gasteiger partial charge in [-0.05, 0) is 20.2 Å². The van der Waals surface area contributed by atoms with Gasteiger partial charge in [-0.25, -0.2) is 19.2 Å². The van der Waals surface area contributed by atoms with E-state index in [4.69, 9.17) is 102 Å². The number of hydrogen-bond donors (Lipinski definition) is 4. The zero-order chi connectivity index (χ0) is 64.4. The van der Waals surface area contributed by atoms with Crippen molar-refractivity contribution in [3.63, 3.8) is 0 Å². The minimum atomic E-state index is -1.25. The molecule has 87 heavy (non-hydrogen) atoms. The third kappa shape index (κ3) is 55.9. The Morgan fingerprint density at radius 1 is 0.264 bits per heavy atom. The maximum atomic E-state index is 11.7. The number of hydrogen-bond acceptors (Lipinski definition) is 33. The predicted octanol–water partition coefficient (Wildman–Crippen LogP) is 0.578. The summed E-state index contributed by atoms with van der Waals surface area (Å²) in [6, 6.07) is 0. The quantitative estimate of drug-likeness (QED) is 0.0367. The van der Waals surface area contributed by atoms with Crippen LogP contribution in [-0.2, 0) is 159 Å². The first-order valence-electron chi connectivity index (χ1n) is 27.6. The van der Waals surface area contributed by atoms with Gasteiger partial charge >= 0.3 is 47.8 Å². The molecule has 0 rings (SSSR count). The van der Waals surface area contributed by atoms with Crippen LogP contribution in [0.15, 0.2) is 0 Å². The Bertz CT molecular complexity index is 1540. The second-order valence-corrected chi connectivity index (χ2v) is 17.2. The van der Waals surface area contributed by atoms with Gasteiger partial charge in [-0.3, -0.25) is 38.7 Å². The number of carboxylic acids is 4. The van der Waals surface area contributed by atoms with Gasteiger partial charge in [0.15, 0.2) is 0 Å². The zero-order valence-corrected chi connectivity index (χ0v) is 49.4. The van der Waals surface area contributed by atoms with Gasteiger partial charge in [0.1, 0.15) is 63.1 Å². The summed E-state index contributed by atoms with van der Waals surface area (Å²) in [7, 11) is 0. The minimum absolute atomic E-state index is 0.00601. The van der Waals surface area contributed by atoms with Crippen LogP contribution < -0.4 is 0 Å². The average molecular weight is 1280 g/mol. The maximum Gasteiger partial charge on any atom is 0.345 e. The summed E-state index contributed by atoms with van der Waals surface area (Å²) in [5.41, 5.74) is 0. The molecule has 0 radical (unpaired) electrons. The topological polar surface area (TPSA) is 448 Å². The Morgan fingerprint density at radius 3 is 0.678 bits per heavy atom. The predicted molar refractivity (Wildman–Crippen MR) is 277 cm³/mol. The van der Waals surface area contributed by atoms with Crippen LogP contribution in [0.25, 0.3) is 0 Å². The van der Waals surface area contributed by atoms with Crippen molar-refractivity contribution < 1.29 is 180 Å². The van der Waals surface area contributed by atoms with Gasteiger partial charge in [-0.1, -0.05) is 27.7 Å². The second-order valence-electron chi connectivity index (χ2n) is 17.2. The highest BCUT2D eigenvalue weighted by molar-refractivity contribution is 5.69. The van der Waals surface area contributed by atoms with E-state index in [0.717, 1.165) is 0 Å². The third-order valence-electron chi connectivity index (χ3n) is 9.87. The van der Waals surface area contributed by atoms with Crippen molar-refractivity contribution >= 4 is 47.8 Å². The summed E-state index contributed by atoms with van der Waals surface area (Å²) in [5.74, 6) is -7.41. The molecule has 0 saturated heterocycles. The number of rotatable bonds is 66. The first-order chi connectivity index (χ1) is 42.0. The molecule has 0 spiro atoms. The highest BCUT2D eigenvalue weighted by Gasteiger charge is 2.27. The molecule has 37 nitrogen and oxygen atoms in total. The molecule has 0 aromatic carbocycles. The SMILES string of the molecule is CCC(=O)OOOCC(COOOC(=O)CC)OCC(COC(COOOC(=O)CC)COOOC(=O)CC)OC(COC(COCCOCCC(=O)O)COCCOCCC(=O)O)COC(COCCOCCC(=O)O)COCCOCCC(=O)O. The lowest BCUT2D eigenvalue weighted by Gasteiger charge is -2.30. The van der Waals surface area contributed by atoms with E-state index >= 15 is 0 Å². The van der Waals surface area contributed by atoms with Crippen LogP contribution in [0.3, 0.4) is 0 Å². The molecule has 0 fully saturated rings. The van der Waals surface area contributed by atoms with Crippen molar-refractivity contribution in [1.82, 2.24) is 0 Å². The van der Waals surface area contributed by atoms with Crippen LogP contribution in [0.5, 0.6) is 0 Å². The number of ether oxygens (including phenoxy) is 13. The number of aliphatic carboxylic acids is 4. The van der Waals surface area contributed by atoms with Crippen molar-refractivity contribution in [2.45, 2.75) is 116 Å². The molecule has 0 aliphatic rings. The average Bonchev–Trinajstić information content (AvgIpc) is 3.57. The Hall–Kier alpha value is -5.08. The van der Waals surface area contributed by atoms with Crippen molar-refractivity contribution in [3.05, 3.63) is 0 Å². The van der Waals surface area contributed by atoms with Crippen LogP contribution in [0.1, 0.15) is 79.1 Å². The van der Waals surface area contributed by atoms with E-state index in [2.05, 4.69) is 39.7 Å². The Labute approximate surface area is 500 Å². The highest BCUT2D eigenvalue weighted by atomic mass is 17.5. The number of carbonyl (C=O) groups is 8. The standard InChI is InChI=1S/C50H86O37/c1-5-47(59)80-84-75-33-39(34-76-85-81-48(60)6-2)73-31-42(32-74-40(35-77-86-82-49(61)7-3)36-78-87-83-50(62)8-4)79-41(29-71-37(25-67-21-17-63-13-9-43(51)52)26-68-22-18-64-14-10-44(53)54)30-72-38(27-69-23-19-65-15-11-45(55)56)28-70-24-20-66-16-12-46(57)58/h37-42H,5-36H2,1-4H3,(H,51,52)(H,53,54)(H,55,56)(H,57,58). The molecule has 4 N–H and O–H groups in total. The first kappa shape index (κ1) is 81.9. The van der Waals surface area contributed by atoms with Crippen molar-refractivity contribution in [1.29, 1.82) is 0 Å². The summed E-state index contributed by atoms with van der Waals surface area (Å²) in [4.78, 5) is 129. The molecule has 0 amide bonds. The monoisotopic (exact) mass is 1280 g/mol. The van der Waals surface area contributed by atoms with E-state index in [1.165, 1.54) is 27.7 Å². The molecule has 37 heteroatoms. The maximum absolute atomic E-state index is 11.7. The summed E-state index contributed by atoms with van der Waals surface area (Å²) >= 11 is 0. The van der Waals surface area contributed by atoms with E-state index in [-0.39, 0.29) is 170 Å². The van der Waals surface area contributed by atoms with Gasteiger partial charge in [-0.15, -0.1) is 0 Å². The molecule has 0 aliphatic carbocycles. The highest BCUT2D eigenvalue weighted by Crippen LogP contribution is 2.13. The first-order valence-corrected chi connectivity index (χ1v) is 27.6. The molecular weight excluding hydrogens is 1190 g/mol. The fourth-order valence-corrected chi connectivity index (χ4v) is 5.35. The third-order valence-corrected chi connectivity index (χ3v) is 9.87. The summed E-state index contributed by atoms with van der Waals surface area (Å²) < 4.78 is 75.9. The van der Waals surface area contributed by atoms with Crippen LogP contribution in [0, 0.1) is 0 Å². The lowest BCUT2D eigenvalue weighted by molar-refractivity contribution is -0.504. The van der Waals surface area contributed by atoms with Crippen LogP contribution >= 0.6 is 0 Å². The molecule has 0 bridgehead atoms. The summed E-state index contributed by atoms with van der Waals surface area (Å²) in [6.45, 7) is 1.25. The van der Waals surface area contributed by atoms with Crippen LogP contribution in [-0.4, -0.2) is 263 Å². The second kappa shape index (κ2) is 58.6. The van der Waals surface area contributed by atoms with Crippen LogP contribution in [0.4, 0.5) is 0 Å².